The quantitative estimate of drug-likeness (QED) is 0.549. The van der Waals surface area contributed by atoms with Crippen LogP contribution >= 0.6 is 11.8 Å². The molecule has 184 valence electrons. The van der Waals surface area contributed by atoms with E-state index < -0.39 is 16.1 Å². The highest BCUT2D eigenvalue weighted by atomic mass is 32.2. The maximum atomic E-state index is 13.0. The molecule has 7 nitrogen and oxygen atoms in total. The second kappa shape index (κ2) is 12.2. The van der Waals surface area contributed by atoms with Crippen molar-refractivity contribution in [3.63, 3.8) is 0 Å². The van der Waals surface area contributed by atoms with E-state index in [9.17, 15) is 18.0 Å². The van der Waals surface area contributed by atoms with Gasteiger partial charge < -0.3 is 10.6 Å². The summed E-state index contributed by atoms with van der Waals surface area (Å²) in [6.45, 7) is 2.53. The van der Waals surface area contributed by atoms with Crippen molar-refractivity contribution in [2.75, 3.05) is 25.1 Å². The molecule has 1 aliphatic carbocycles. The number of hydrogen-bond acceptors (Lipinski definition) is 5. The van der Waals surface area contributed by atoms with Crippen LogP contribution in [-0.4, -0.2) is 61.7 Å². The molecule has 1 saturated heterocycles. The standard InChI is InChI=1S/C24H37N3O4S2/c1-18-8-10-21(11-9-18)33(30,31)27-15-12-19(13-16-27)23(28)26-22(14-17-32-2)24(29)25-20-6-4-3-5-7-20/h8-11,19-20,22H,3-7,12-17H2,1-2H3,(H,25,29)(H,26,28). The molecule has 2 amide bonds. The minimum Gasteiger partial charge on any atom is -0.352 e. The maximum Gasteiger partial charge on any atom is 0.243 e. The van der Waals surface area contributed by atoms with Gasteiger partial charge >= 0.3 is 0 Å². The molecule has 1 aromatic carbocycles. The number of benzene rings is 1. The van der Waals surface area contributed by atoms with Gasteiger partial charge in [0.2, 0.25) is 21.8 Å². The van der Waals surface area contributed by atoms with Crippen LogP contribution in [0, 0.1) is 12.8 Å². The molecule has 1 saturated carbocycles. The van der Waals surface area contributed by atoms with E-state index >= 15 is 0 Å². The molecule has 2 fully saturated rings. The summed E-state index contributed by atoms with van der Waals surface area (Å²) in [5.41, 5.74) is 1.01. The lowest BCUT2D eigenvalue weighted by Gasteiger charge is -2.32. The Morgan fingerprint density at radius 1 is 1.06 bits per heavy atom. The van der Waals surface area contributed by atoms with Crippen LogP contribution in [0.25, 0.3) is 0 Å². The number of carbonyl (C=O) groups excluding carboxylic acids is 2. The zero-order chi connectivity index (χ0) is 23.8. The number of thioether (sulfide) groups is 1. The van der Waals surface area contributed by atoms with Crippen molar-refractivity contribution in [3.8, 4) is 0 Å². The van der Waals surface area contributed by atoms with Crippen molar-refractivity contribution in [2.45, 2.75) is 75.3 Å². The first-order valence-electron chi connectivity index (χ1n) is 12.0. The maximum absolute atomic E-state index is 13.0. The van der Waals surface area contributed by atoms with Gasteiger partial charge in [-0.25, -0.2) is 8.42 Å². The van der Waals surface area contributed by atoms with Gasteiger partial charge in [-0.15, -0.1) is 0 Å². The Morgan fingerprint density at radius 3 is 2.30 bits per heavy atom. The van der Waals surface area contributed by atoms with Gasteiger partial charge in [-0.05, 0) is 63.2 Å². The molecule has 0 spiro atoms. The van der Waals surface area contributed by atoms with Gasteiger partial charge in [-0.3, -0.25) is 9.59 Å². The van der Waals surface area contributed by atoms with Gasteiger partial charge in [-0.2, -0.15) is 16.1 Å². The molecular formula is C24H37N3O4S2. The van der Waals surface area contributed by atoms with Crippen molar-refractivity contribution < 1.29 is 18.0 Å². The Labute approximate surface area is 202 Å². The average Bonchev–Trinajstić information content (AvgIpc) is 2.82. The summed E-state index contributed by atoms with van der Waals surface area (Å²) in [5.74, 6) is 0.265. The Kier molecular flexibility index (Phi) is 9.64. The highest BCUT2D eigenvalue weighted by molar-refractivity contribution is 7.98. The zero-order valence-corrected chi connectivity index (χ0v) is 21.3. The summed E-state index contributed by atoms with van der Waals surface area (Å²) in [6.07, 6.45) is 8.98. The third-order valence-electron chi connectivity index (χ3n) is 6.68. The third kappa shape index (κ3) is 7.20. The highest BCUT2D eigenvalue weighted by Gasteiger charge is 2.33. The van der Waals surface area contributed by atoms with Gasteiger partial charge in [0, 0.05) is 25.0 Å². The topological polar surface area (TPSA) is 95.6 Å². The second-order valence-corrected chi connectivity index (χ2v) is 12.1. The highest BCUT2D eigenvalue weighted by Crippen LogP contribution is 2.24. The van der Waals surface area contributed by atoms with E-state index in [0.717, 1.165) is 37.0 Å². The molecule has 0 bridgehead atoms. The normalized spacial score (nSPS) is 19.7. The van der Waals surface area contributed by atoms with Crippen molar-refractivity contribution in [1.82, 2.24) is 14.9 Å². The smallest absolute Gasteiger partial charge is 0.243 e. The fourth-order valence-electron chi connectivity index (χ4n) is 4.56. The molecule has 2 aliphatic rings. The van der Waals surface area contributed by atoms with Crippen LogP contribution in [0.15, 0.2) is 29.2 Å². The second-order valence-electron chi connectivity index (χ2n) is 9.18. The number of aryl methyl sites for hydroxylation is 1. The molecule has 0 radical (unpaired) electrons. The van der Waals surface area contributed by atoms with Crippen LogP contribution in [0.5, 0.6) is 0 Å². The van der Waals surface area contributed by atoms with Crippen molar-refractivity contribution >= 4 is 33.6 Å². The zero-order valence-electron chi connectivity index (χ0n) is 19.7. The Morgan fingerprint density at radius 2 is 1.70 bits per heavy atom. The lowest BCUT2D eigenvalue weighted by molar-refractivity contribution is -0.132. The van der Waals surface area contributed by atoms with E-state index in [4.69, 9.17) is 0 Å². The Hall–Kier alpha value is -1.58. The molecular weight excluding hydrogens is 458 g/mol. The number of nitrogens with one attached hydrogen (secondary N) is 2. The van der Waals surface area contributed by atoms with E-state index in [1.807, 2.05) is 13.2 Å². The van der Waals surface area contributed by atoms with Gasteiger partial charge in [0.1, 0.15) is 6.04 Å². The molecule has 1 aliphatic heterocycles. The summed E-state index contributed by atoms with van der Waals surface area (Å²) in [7, 11) is -3.56. The number of piperidine rings is 1. The predicted octanol–water partition coefficient (Wildman–Crippen LogP) is 3.08. The minimum absolute atomic E-state index is 0.0938. The first-order chi connectivity index (χ1) is 15.8. The number of nitrogens with zero attached hydrogens (tertiary/aromatic N) is 1. The summed E-state index contributed by atoms with van der Waals surface area (Å²) in [4.78, 5) is 26.1. The minimum atomic E-state index is -3.56. The fraction of sp³-hybridized carbons (Fsp3) is 0.667. The van der Waals surface area contributed by atoms with Crippen molar-refractivity contribution in [1.29, 1.82) is 0 Å². The van der Waals surface area contributed by atoms with Gasteiger partial charge in [0.15, 0.2) is 0 Å². The van der Waals surface area contributed by atoms with Crippen LogP contribution in [0.4, 0.5) is 0 Å². The van der Waals surface area contributed by atoms with E-state index in [1.54, 1.807) is 36.0 Å². The van der Waals surface area contributed by atoms with Crippen molar-refractivity contribution in [2.24, 2.45) is 5.92 Å². The van der Waals surface area contributed by atoms with E-state index in [1.165, 1.54) is 10.7 Å². The first-order valence-corrected chi connectivity index (χ1v) is 14.8. The number of rotatable bonds is 9. The van der Waals surface area contributed by atoms with Crippen LogP contribution in [-0.2, 0) is 19.6 Å². The van der Waals surface area contributed by atoms with E-state index in [2.05, 4.69) is 10.6 Å². The number of sulfonamides is 1. The summed E-state index contributed by atoms with van der Waals surface area (Å²) in [5, 5.41) is 6.10. The van der Waals surface area contributed by atoms with Crippen LogP contribution < -0.4 is 10.6 Å². The largest absolute Gasteiger partial charge is 0.352 e. The average molecular weight is 496 g/mol. The molecule has 1 aromatic rings. The Balaban J connectivity index is 1.55. The summed E-state index contributed by atoms with van der Waals surface area (Å²) < 4.78 is 27.3. The molecule has 3 rings (SSSR count). The Bertz CT molecular complexity index is 891. The number of hydrogen-bond donors (Lipinski definition) is 2. The van der Waals surface area contributed by atoms with E-state index in [0.29, 0.717) is 32.4 Å². The van der Waals surface area contributed by atoms with Gasteiger partial charge in [0.25, 0.3) is 0 Å². The lowest BCUT2D eigenvalue weighted by atomic mass is 9.95. The SMILES string of the molecule is CSCCC(NC(=O)C1CCN(S(=O)(=O)c2ccc(C)cc2)CC1)C(=O)NC1CCCCC1. The molecule has 33 heavy (non-hydrogen) atoms. The van der Waals surface area contributed by atoms with Crippen LogP contribution in [0.2, 0.25) is 0 Å². The van der Waals surface area contributed by atoms with Crippen LogP contribution in [0.1, 0.15) is 56.9 Å². The van der Waals surface area contributed by atoms with Gasteiger partial charge in [0.05, 0.1) is 4.90 Å². The molecule has 9 heteroatoms. The first kappa shape index (κ1) is 26.0. The fourth-order valence-corrected chi connectivity index (χ4v) is 6.50. The third-order valence-corrected chi connectivity index (χ3v) is 9.24. The molecule has 2 N–H and O–H groups in total. The predicted molar refractivity (Wildman–Crippen MR) is 133 cm³/mol. The monoisotopic (exact) mass is 495 g/mol. The summed E-state index contributed by atoms with van der Waals surface area (Å²) in [6, 6.07) is 6.51. The van der Waals surface area contributed by atoms with Gasteiger partial charge in [-0.1, -0.05) is 37.0 Å². The molecule has 1 atom stereocenters. The number of carbonyl (C=O) groups is 2. The van der Waals surface area contributed by atoms with Crippen molar-refractivity contribution in [3.05, 3.63) is 29.8 Å². The lowest BCUT2D eigenvalue weighted by Crippen LogP contribution is -2.52. The van der Waals surface area contributed by atoms with Crippen LogP contribution in [0.3, 0.4) is 0 Å². The summed E-state index contributed by atoms with van der Waals surface area (Å²) >= 11 is 1.65. The van der Waals surface area contributed by atoms with E-state index in [-0.39, 0.29) is 28.7 Å². The molecule has 0 aromatic heterocycles. The molecule has 1 heterocycles. The number of amides is 2. The molecule has 1 unspecified atom stereocenters.